The maximum absolute atomic E-state index is 13.9. The van der Waals surface area contributed by atoms with Crippen LogP contribution in [0.25, 0.3) is 11.7 Å². The molecule has 0 saturated carbocycles. The second kappa shape index (κ2) is 11.4. The van der Waals surface area contributed by atoms with Crippen molar-refractivity contribution >= 4 is 51.7 Å². The molecule has 0 radical (unpaired) electrons. The van der Waals surface area contributed by atoms with Crippen LogP contribution >= 0.6 is 24.0 Å². The Kier molecular flexibility index (Phi) is 8.00. The zero-order valence-corrected chi connectivity index (χ0v) is 23.9. The minimum atomic E-state index is -0.174. The van der Waals surface area contributed by atoms with Crippen molar-refractivity contribution in [1.82, 2.24) is 14.3 Å². The molecular formula is C30H34N4O2S2. The van der Waals surface area contributed by atoms with Crippen molar-refractivity contribution in [2.24, 2.45) is 5.92 Å². The molecule has 1 saturated heterocycles. The number of nitrogens with zero attached hydrogens (tertiary/aromatic N) is 4. The number of rotatable bonds is 8. The maximum Gasteiger partial charge on any atom is 0.267 e. The zero-order chi connectivity index (χ0) is 26.8. The van der Waals surface area contributed by atoms with Crippen molar-refractivity contribution in [2.45, 2.75) is 59.4 Å². The second-order valence-electron chi connectivity index (χ2n) is 10.2. The number of aryl methyl sites for hydroxylation is 1. The lowest BCUT2D eigenvalue weighted by Crippen LogP contribution is -2.34. The minimum Gasteiger partial charge on any atom is -0.351 e. The van der Waals surface area contributed by atoms with E-state index in [-0.39, 0.29) is 11.5 Å². The van der Waals surface area contributed by atoms with Gasteiger partial charge in [0.15, 0.2) is 0 Å². The van der Waals surface area contributed by atoms with Crippen molar-refractivity contribution in [2.75, 3.05) is 18.0 Å². The molecule has 198 valence electrons. The molecule has 1 aromatic carbocycles. The maximum atomic E-state index is 13.9. The second-order valence-corrected chi connectivity index (χ2v) is 11.9. The molecule has 0 aliphatic carbocycles. The van der Waals surface area contributed by atoms with Crippen LogP contribution in [0.3, 0.4) is 0 Å². The third kappa shape index (κ3) is 5.29. The highest BCUT2D eigenvalue weighted by Gasteiger charge is 2.34. The lowest BCUT2D eigenvalue weighted by atomic mass is 9.99. The van der Waals surface area contributed by atoms with Crippen LogP contribution in [-0.2, 0) is 17.8 Å². The number of carbonyl (C=O) groups excluding carboxylic acids is 1. The van der Waals surface area contributed by atoms with E-state index in [1.807, 2.05) is 31.3 Å². The highest BCUT2D eigenvalue weighted by molar-refractivity contribution is 8.26. The van der Waals surface area contributed by atoms with Gasteiger partial charge in [-0.15, -0.1) is 0 Å². The van der Waals surface area contributed by atoms with Gasteiger partial charge in [-0.2, -0.15) is 0 Å². The number of aromatic nitrogens is 2. The van der Waals surface area contributed by atoms with Crippen molar-refractivity contribution < 1.29 is 4.79 Å². The highest BCUT2D eigenvalue weighted by Crippen LogP contribution is 2.35. The molecule has 8 heteroatoms. The van der Waals surface area contributed by atoms with Gasteiger partial charge in [0, 0.05) is 25.8 Å². The first-order valence-electron chi connectivity index (χ1n) is 13.5. The van der Waals surface area contributed by atoms with Crippen LogP contribution in [-0.4, -0.2) is 37.6 Å². The van der Waals surface area contributed by atoms with Gasteiger partial charge in [-0.05, 0) is 54.5 Å². The van der Waals surface area contributed by atoms with E-state index in [1.54, 1.807) is 15.4 Å². The number of pyridine rings is 1. The molecule has 0 spiro atoms. The minimum absolute atomic E-state index is 0.112. The number of unbranched alkanes of at least 4 members (excludes halogenated alkanes) is 1. The van der Waals surface area contributed by atoms with Gasteiger partial charge in [-0.3, -0.25) is 18.9 Å². The molecule has 0 bridgehead atoms. The average Bonchev–Trinajstić information content (AvgIpc) is 3.19. The summed E-state index contributed by atoms with van der Waals surface area (Å²) in [6.07, 6.45) is 8.78. The van der Waals surface area contributed by atoms with Gasteiger partial charge in [0.05, 0.1) is 10.5 Å². The van der Waals surface area contributed by atoms with Crippen molar-refractivity contribution in [1.29, 1.82) is 0 Å². The Balaban J connectivity index is 1.55. The van der Waals surface area contributed by atoms with Gasteiger partial charge in [-0.1, -0.05) is 87.4 Å². The van der Waals surface area contributed by atoms with E-state index >= 15 is 0 Å². The van der Waals surface area contributed by atoms with Crippen molar-refractivity contribution in [3.8, 4) is 0 Å². The van der Waals surface area contributed by atoms with Gasteiger partial charge in [0.1, 0.15) is 15.8 Å². The van der Waals surface area contributed by atoms with E-state index < -0.39 is 0 Å². The molecule has 2 aliphatic rings. The molecule has 1 amide bonds. The molecule has 38 heavy (non-hydrogen) atoms. The monoisotopic (exact) mass is 546 g/mol. The molecule has 3 aromatic rings. The molecule has 1 atom stereocenters. The fraction of sp³-hybridized carbons (Fsp3) is 0.400. The zero-order valence-electron chi connectivity index (χ0n) is 22.3. The number of hydrogen-bond donors (Lipinski definition) is 0. The fourth-order valence-corrected chi connectivity index (χ4v) is 6.51. The first-order valence-corrected chi connectivity index (χ1v) is 14.7. The first-order chi connectivity index (χ1) is 18.4. The van der Waals surface area contributed by atoms with Crippen LogP contribution in [0.15, 0.2) is 52.3 Å². The Morgan fingerprint density at radius 2 is 1.92 bits per heavy atom. The van der Waals surface area contributed by atoms with Gasteiger partial charge in [0.2, 0.25) is 0 Å². The van der Waals surface area contributed by atoms with Crippen LogP contribution in [0.1, 0.15) is 61.8 Å². The number of thioether (sulfide) groups is 1. The van der Waals surface area contributed by atoms with Crippen molar-refractivity contribution in [3.63, 3.8) is 0 Å². The molecule has 2 aliphatic heterocycles. The largest absolute Gasteiger partial charge is 0.351 e. The Hall–Kier alpha value is -2.97. The Labute approximate surface area is 233 Å². The summed E-state index contributed by atoms with van der Waals surface area (Å²) in [5.74, 6) is 0.920. The summed E-state index contributed by atoms with van der Waals surface area (Å²) in [7, 11) is 0. The van der Waals surface area contributed by atoms with Gasteiger partial charge < -0.3 is 4.90 Å². The van der Waals surface area contributed by atoms with Crippen LogP contribution in [0.5, 0.6) is 0 Å². The number of anilines is 1. The summed E-state index contributed by atoms with van der Waals surface area (Å²) in [4.78, 5) is 36.7. The van der Waals surface area contributed by atoms with E-state index in [9.17, 15) is 9.59 Å². The standard InChI is InChI=1S/C30H34N4O2S2/c1-4-6-9-21(5-2)18-34-29(36)25(38-30(34)37)16-24-27(31-26-13-12-20(3)17-33(26)28(24)35)32-15-14-22-10-7-8-11-23(22)19-32/h7-8,10-13,16-17,21H,4-6,9,14-15,18-19H2,1-3H3/b25-16+. The number of benzene rings is 1. The normalized spacial score (nSPS) is 17.5. The number of amides is 1. The SMILES string of the molecule is CCCCC(CC)CN1C(=O)/C(=C\c2c(N3CCc4ccccc4C3)nc3ccc(C)cn3c2=O)SC1=S. The van der Waals surface area contributed by atoms with E-state index in [0.717, 1.165) is 44.2 Å². The molecular weight excluding hydrogens is 512 g/mol. The third-order valence-corrected chi connectivity index (χ3v) is 8.93. The number of hydrogen-bond acceptors (Lipinski definition) is 6. The molecule has 2 aromatic heterocycles. The summed E-state index contributed by atoms with van der Waals surface area (Å²) in [5, 5.41) is 0. The van der Waals surface area contributed by atoms with Crippen LogP contribution in [0.4, 0.5) is 5.82 Å². The number of carbonyl (C=O) groups is 1. The topological polar surface area (TPSA) is 57.9 Å². The van der Waals surface area contributed by atoms with E-state index in [0.29, 0.717) is 45.3 Å². The fourth-order valence-electron chi connectivity index (χ4n) is 5.25. The first kappa shape index (κ1) is 26.6. The smallest absolute Gasteiger partial charge is 0.267 e. The van der Waals surface area contributed by atoms with Crippen molar-refractivity contribution in [3.05, 3.63) is 80.1 Å². The molecule has 1 fully saturated rings. The Bertz CT molecular complexity index is 1480. The molecule has 5 rings (SSSR count). The predicted octanol–water partition coefficient (Wildman–Crippen LogP) is 5.98. The summed E-state index contributed by atoms with van der Waals surface area (Å²) in [6.45, 7) is 8.36. The quantitative estimate of drug-likeness (QED) is 0.256. The third-order valence-electron chi connectivity index (χ3n) is 7.55. The molecule has 4 heterocycles. The average molecular weight is 547 g/mol. The van der Waals surface area contributed by atoms with Gasteiger partial charge in [0.25, 0.3) is 11.5 Å². The summed E-state index contributed by atoms with van der Waals surface area (Å²) in [6, 6.07) is 12.2. The molecule has 6 nitrogen and oxygen atoms in total. The number of fused-ring (bicyclic) bond motifs is 2. The number of thiocarbonyl (C=S) groups is 1. The summed E-state index contributed by atoms with van der Waals surface area (Å²) in [5.41, 5.74) is 4.39. The van der Waals surface area contributed by atoms with Gasteiger partial charge >= 0.3 is 0 Å². The molecule has 1 unspecified atom stereocenters. The van der Waals surface area contributed by atoms with Crippen LogP contribution in [0.2, 0.25) is 0 Å². The summed E-state index contributed by atoms with van der Waals surface area (Å²) >= 11 is 6.92. The molecule has 0 N–H and O–H groups in total. The van der Waals surface area contributed by atoms with Crippen LogP contribution < -0.4 is 10.5 Å². The predicted molar refractivity (Wildman–Crippen MR) is 161 cm³/mol. The van der Waals surface area contributed by atoms with E-state index in [1.165, 1.54) is 22.9 Å². The Morgan fingerprint density at radius 1 is 1.13 bits per heavy atom. The van der Waals surface area contributed by atoms with E-state index in [2.05, 4.69) is 36.9 Å². The lowest BCUT2D eigenvalue weighted by Gasteiger charge is -2.31. The van der Waals surface area contributed by atoms with Gasteiger partial charge in [-0.25, -0.2) is 4.98 Å². The Morgan fingerprint density at radius 3 is 2.68 bits per heavy atom. The lowest BCUT2D eigenvalue weighted by molar-refractivity contribution is -0.122. The van der Waals surface area contributed by atoms with Crippen LogP contribution in [0, 0.1) is 12.8 Å². The summed E-state index contributed by atoms with van der Waals surface area (Å²) < 4.78 is 2.15. The highest BCUT2D eigenvalue weighted by atomic mass is 32.2. The van der Waals surface area contributed by atoms with E-state index in [4.69, 9.17) is 17.2 Å².